The van der Waals surface area contributed by atoms with Crippen molar-refractivity contribution in [2.45, 2.75) is 26.4 Å². The fourth-order valence-corrected chi connectivity index (χ4v) is 2.08. The molecule has 0 aliphatic carbocycles. The molecule has 0 fully saturated rings. The summed E-state index contributed by atoms with van der Waals surface area (Å²) in [6.07, 6.45) is 1.55. The largest absolute Gasteiger partial charge is 0.323 e. The van der Waals surface area contributed by atoms with Crippen molar-refractivity contribution in [2.75, 3.05) is 5.32 Å². The average molecular weight is 276 g/mol. The Kier molecular flexibility index (Phi) is 4.46. The Morgan fingerprint density at radius 1 is 1.37 bits per heavy atom. The lowest BCUT2D eigenvalue weighted by atomic mass is 10.2. The number of hydrogen-bond acceptors (Lipinski definition) is 4. The third-order valence-corrected chi connectivity index (χ3v) is 3.25. The standard InChI is InChI=1S/C13H16N4OS/c1-10(2)17(9-11-6-4-3-5-7-11)13(18)15-12-8-14-16-19-12/h3-8,10H,9H2,1-2H3,(H,15,18). The number of aromatic nitrogens is 2. The van der Waals surface area contributed by atoms with Gasteiger partial charge in [0, 0.05) is 24.1 Å². The zero-order chi connectivity index (χ0) is 13.7. The smallest absolute Gasteiger partial charge is 0.318 e. The molecule has 0 unspecified atom stereocenters. The summed E-state index contributed by atoms with van der Waals surface area (Å²) in [5.74, 6) is 0. The molecule has 1 heterocycles. The van der Waals surface area contributed by atoms with E-state index in [9.17, 15) is 4.79 Å². The highest BCUT2D eigenvalue weighted by atomic mass is 32.1. The lowest BCUT2D eigenvalue weighted by Gasteiger charge is -2.26. The second-order valence-corrected chi connectivity index (χ2v) is 5.20. The molecule has 0 aliphatic rings. The van der Waals surface area contributed by atoms with E-state index in [2.05, 4.69) is 14.9 Å². The van der Waals surface area contributed by atoms with Gasteiger partial charge in [0.15, 0.2) is 0 Å². The van der Waals surface area contributed by atoms with Crippen LogP contribution in [0.2, 0.25) is 0 Å². The van der Waals surface area contributed by atoms with E-state index >= 15 is 0 Å². The number of carbonyl (C=O) groups excluding carboxylic acids is 1. The number of urea groups is 1. The minimum absolute atomic E-state index is 0.112. The number of amides is 2. The van der Waals surface area contributed by atoms with Crippen LogP contribution in [0.3, 0.4) is 0 Å². The predicted octanol–water partition coefficient (Wildman–Crippen LogP) is 2.98. The molecule has 19 heavy (non-hydrogen) atoms. The van der Waals surface area contributed by atoms with Gasteiger partial charge in [-0.2, -0.15) is 0 Å². The zero-order valence-electron chi connectivity index (χ0n) is 10.9. The van der Waals surface area contributed by atoms with Gasteiger partial charge in [0.1, 0.15) is 5.00 Å². The summed E-state index contributed by atoms with van der Waals surface area (Å²) >= 11 is 1.17. The highest BCUT2D eigenvalue weighted by molar-refractivity contribution is 7.10. The monoisotopic (exact) mass is 276 g/mol. The van der Waals surface area contributed by atoms with Gasteiger partial charge in [-0.05, 0) is 19.4 Å². The van der Waals surface area contributed by atoms with Crippen molar-refractivity contribution < 1.29 is 4.79 Å². The van der Waals surface area contributed by atoms with Crippen LogP contribution in [0.5, 0.6) is 0 Å². The average Bonchev–Trinajstić information content (AvgIpc) is 2.89. The fourth-order valence-electron chi connectivity index (χ4n) is 1.67. The fraction of sp³-hybridized carbons (Fsp3) is 0.308. The van der Waals surface area contributed by atoms with Crippen LogP contribution in [-0.4, -0.2) is 26.6 Å². The summed E-state index contributed by atoms with van der Waals surface area (Å²) in [6, 6.07) is 9.91. The quantitative estimate of drug-likeness (QED) is 0.934. The molecule has 1 N–H and O–H groups in total. The van der Waals surface area contributed by atoms with Crippen molar-refractivity contribution in [3.05, 3.63) is 42.1 Å². The Morgan fingerprint density at radius 3 is 2.68 bits per heavy atom. The summed E-state index contributed by atoms with van der Waals surface area (Å²) in [7, 11) is 0. The van der Waals surface area contributed by atoms with Gasteiger partial charge < -0.3 is 4.90 Å². The van der Waals surface area contributed by atoms with Crippen LogP contribution in [-0.2, 0) is 6.54 Å². The molecule has 0 spiro atoms. The molecule has 2 aromatic rings. The van der Waals surface area contributed by atoms with E-state index in [1.165, 1.54) is 11.5 Å². The van der Waals surface area contributed by atoms with Gasteiger partial charge >= 0.3 is 6.03 Å². The number of benzene rings is 1. The van der Waals surface area contributed by atoms with Gasteiger partial charge in [-0.3, -0.25) is 5.32 Å². The molecule has 0 atom stereocenters. The molecule has 0 radical (unpaired) electrons. The van der Waals surface area contributed by atoms with Crippen molar-refractivity contribution in [1.82, 2.24) is 14.5 Å². The molecule has 1 aromatic carbocycles. The van der Waals surface area contributed by atoms with E-state index in [0.29, 0.717) is 11.5 Å². The Labute approximate surface area is 116 Å². The van der Waals surface area contributed by atoms with Crippen molar-refractivity contribution in [1.29, 1.82) is 0 Å². The molecule has 5 nitrogen and oxygen atoms in total. The van der Waals surface area contributed by atoms with Gasteiger partial charge in [-0.25, -0.2) is 4.79 Å². The summed E-state index contributed by atoms with van der Waals surface area (Å²) in [4.78, 5) is 14.0. The van der Waals surface area contributed by atoms with Gasteiger partial charge in [0.2, 0.25) is 0 Å². The van der Waals surface area contributed by atoms with Crippen LogP contribution < -0.4 is 5.32 Å². The highest BCUT2D eigenvalue weighted by Crippen LogP contribution is 2.14. The number of carbonyl (C=O) groups is 1. The first-order valence-corrected chi connectivity index (χ1v) is 6.83. The maximum absolute atomic E-state index is 12.2. The Hall–Kier alpha value is -1.95. The van der Waals surface area contributed by atoms with Crippen molar-refractivity contribution in [2.24, 2.45) is 0 Å². The van der Waals surface area contributed by atoms with E-state index in [4.69, 9.17) is 0 Å². The normalized spacial score (nSPS) is 10.5. The van der Waals surface area contributed by atoms with Crippen molar-refractivity contribution in [3.63, 3.8) is 0 Å². The van der Waals surface area contributed by atoms with Crippen LogP contribution in [0.15, 0.2) is 36.5 Å². The van der Waals surface area contributed by atoms with Gasteiger partial charge in [0.25, 0.3) is 0 Å². The van der Waals surface area contributed by atoms with Crippen molar-refractivity contribution >= 4 is 22.6 Å². The molecule has 6 heteroatoms. The highest BCUT2D eigenvalue weighted by Gasteiger charge is 2.17. The van der Waals surface area contributed by atoms with Gasteiger partial charge in [-0.15, -0.1) is 5.10 Å². The van der Waals surface area contributed by atoms with Gasteiger partial charge in [-0.1, -0.05) is 34.8 Å². The van der Waals surface area contributed by atoms with Crippen molar-refractivity contribution in [3.8, 4) is 0 Å². The Balaban J connectivity index is 2.05. The number of hydrogen-bond donors (Lipinski definition) is 1. The number of nitrogens with one attached hydrogen (secondary N) is 1. The maximum Gasteiger partial charge on any atom is 0.323 e. The first-order valence-electron chi connectivity index (χ1n) is 6.05. The van der Waals surface area contributed by atoms with Crippen LogP contribution in [0.4, 0.5) is 9.80 Å². The minimum atomic E-state index is -0.134. The van der Waals surface area contributed by atoms with E-state index in [1.54, 1.807) is 11.1 Å². The van der Waals surface area contributed by atoms with Crippen LogP contribution in [0.1, 0.15) is 19.4 Å². The van der Waals surface area contributed by atoms with Crippen LogP contribution in [0.25, 0.3) is 0 Å². The van der Waals surface area contributed by atoms with E-state index in [0.717, 1.165) is 5.56 Å². The molecule has 0 saturated heterocycles. The summed E-state index contributed by atoms with van der Waals surface area (Å²) in [6.45, 7) is 4.57. The molecule has 2 rings (SSSR count). The molecule has 2 amide bonds. The number of anilines is 1. The first kappa shape index (κ1) is 13.5. The molecule has 0 bridgehead atoms. The summed E-state index contributed by atoms with van der Waals surface area (Å²) in [5.41, 5.74) is 1.11. The number of rotatable bonds is 4. The third-order valence-electron chi connectivity index (χ3n) is 2.67. The lowest BCUT2D eigenvalue weighted by Crippen LogP contribution is -2.39. The number of nitrogens with zero attached hydrogens (tertiary/aromatic N) is 3. The Morgan fingerprint density at radius 2 is 2.11 bits per heavy atom. The molecular formula is C13H16N4OS. The predicted molar refractivity (Wildman–Crippen MR) is 76.0 cm³/mol. The molecule has 100 valence electrons. The van der Waals surface area contributed by atoms with E-state index in [1.807, 2.05) is 44.2 Å². The molecule has 0 saturated carbocycles. The molecule has 0 aliphatic heterocycles. The van der Waals surface area contributed by atoms with E-state index in [-0.39, 0.29) is 12.1 Å². The molecular weight excluding hydrogens is 260 g/mol. The molecule has 1 aromatic heterocycles. The minimum Gasteiger partial charge on any atom is -0.318 e. The second-order valence-electron chi connectivity index (χ2n) is 4.42. The second kappa shape index (κ2) is 6.29. The van der Waals surface area contributed by atoms with Gasteiger partial charge in [0.05, 0.1) is 6.20 Å². The third kappa shape index (κ3) is 3.75. The van der Waals surface area contributed by atoms with Crippen LogP contribution >= 0.6 is 11.5 Å². The summed E-state index contributed by atoms with van der Waals surface area (Å²) < 4.78 is 3.72. The zero-order valence-corrected chi connectivity index (χ0v) is 11.7. The summed E-state index contributed by atoms with van der Waals surface area (Å²) in [5, 5.41) is 7.16. The Bertz CT molecular complexity index is 513. The lowest BCUT2D eigenvalue weighted by molar-refractivity contribution is 0.194. The topological polar surface area (TPSA) is 58.1 Å². The maximum atomic E-state index is 12.2. The van der Waals surface area contributed by atoms with Crippen LogP contribution in [0, 0.1) is 0 Å². The SMILES string of the molecule is CC(C)N(Cc1ccccc1)C(=O)Nc1cnns1. The van der Waals surface area contributed by atoms with E-state index < -0.39 is 0 Å². The first-order chi connectivity index (χ1) is 9.16.